The normalized spacial score (nSPS) is 15.7. The molecule has 0 spiro atoms. The summed E-state index contributed by atoms with van der Waals surface area (Å²) in [4.78, 5) is 35.9. The number of nitrogens with one attached hydrogen (secondary N) is 1. The first-order valence-electron chi connectivity index (χ1n) is 13.0. The Balaban J connectivity index is 1.31. The second-order valence-electron chi connectivity index (χ2n) is 10.5. The molecular formula is C29H32N6O4. The van der Waals surface area contributed by atoms with Crippen LogP contribution >= 0.6 is 0 Å². The Hall–Kier alpha value is -4.47. The van der Waals surface area contributed by atoms with Crippen LogP contribution in [-0.4, -0.2) is 61.8 Å². The van der Waals surface area contributed by atoms with Crippen LogP contribution in [0.15, 0.2) is 67.1 Å². The molecule has 0 radical (unpaired) electrons. The molecule has 0 aliphatic carbocycles. The molecule has 4 aromatic heterocycles. The van der Waals surface area contributed by atoms with Gasteiger partial charge in [-0.15, -0.1) is 0 Å². The third kappa shape index (κ3) is 6.51. The number of amides is 2. The Morgan fingerprint density at radius 2 is 2.00 bits per heavy atom. The first-order chi connectivity index (χ1) is 18.7. The van der Waals surface area contributed by atoms with Crippen molar-refractivity contribution in [2.75, 3.05) is 25.0 Å². The van der Waals surface area contributed by atoms with E-state index in [-0.39, 0.29) is 24.5 Å². The number of rotatable bonds is 6. The van der Waals surface area contributed by atoms with Crippen molar-refractivity contribution in [3.05, 3.63) is 72.8 Å². The van der Waals surface area contributed by atoms with Crippen molar-refractivity contribution in [2.45, 2.75) is 45.1 Å². The number of carbonyl (C=O) groups is 2. The minimum atomic E-state index is -0.532. The number of piperidine rings is 1. The summed E-state index contributed by atoms with van der Waals surface area (Å²) in [6.45, 7) is 6.72. The zero-order chi connectivity index (χ0) is 27.4. The number of nitrogens with zero attached hydrogens (tertiary/aromatic N) is 5. The average molecular weight is 529 g/mol. The van der Waals surface area contributed by atoms with Gasteiger partial charge in [-0.2, -0.15) is 5.10 Å². The van der Waals surface area contributed by atoms with Crippen LogP contribution in [0.1, 0.15) is 45.2 Å². The third-order valence-electron chi connectivity index (χ3n) is 6.33. The quantitative estimate of drug-likeness (QED) is 0.378. The highest BCUT2D eigenvalue weighted by molar-refractivity contribution is 5.93. The van der Waals surface area contributed by atoms with Gasteiger partial charge in [0.15, 0.2) is 6.61 Å². The Labute approximate surface area is 227 Å². The molecule has 1 unspecified atom stereocenters. The fraction of sp³-hybridized carbons (Fsp3) is 0.345. The Bertz CT molecular complexity index is 1460. The maximum absolute atomic E-state index is 12.6. The van der Waals surface area contributed by atoms with E-state index in [0.717, 1.165) is 35.3 Å². The van der Waals surface area contributed by atoms with Crippen LogP contribution in [0, 0.1) is 0 Å². The molecule has 1 saturated heterocycles. The molecule has 5 heterocycles. The SMILES string of the molecule is CC(C)(C)OC(=O)N1CCCC(c2cccc(-c3cnn4ccc(NC(=O)COc5ccccn5)cc34)n2)C1. The van der Waals surface area contributed by atoms with Crippen molar-refractivity contribution >= 4 is 23.2 Å². The molecule has 1 N–H and O–H groups in total. The molecule has 0 bridgehead atoms. The molecule has 4 aromatic rings. The van der Waals surface area contributed by atoms with Gasteiger partial charge in [-0.3, -0.25) is 9.78 Å². The molecule has 39 heavy (non-hydrogen) atoms. The summed E-state index contributed by atoms with van der Waals surface area (Å²) in [5, 5.41) is 7.33. The smallest absolute Gasteiger partial charge is 0.410 e. The number of hydrogen-bond donors (Lipinski definition) is 1. The largest absolute Gasteiger partial charge is 0.468 e. The van der Waals surface area contributed by atoms with Crippen LogP contribution in [0.4, 0.5) is 10.5 Å². The van der Waals surface area contributed by atoms with Crippen molar-refractivity contribution in [2.24, 2.45) is 0 Å². The van der Waals surface area contributed by atoms with Gasteiger partial charge in [0.05, 0.1) is 17.4 Å². The van der Waals surface area contributed by atoms with Gasteiger partial charge in [-0.1, -0.05) is 12.1 Å². The summed E-state index contributed by atoms with van der Waals surface area (Å²) in [6.07, 6.45) is 6.71. The lowest BCUT2D eigenvalue weighted by Gasteiger charge is -2.34. The molecule has 2 amide bonds. The topological polar surface area (TPSA) is 111 Å². The van der Waals surface area contributed by atoms with E-state index in [1.807, 2.05) is 45.0 Å². The van der Waals surface area contributed by atoms with Gasteiger partial charge in [-0.25, -0.2) is 14.3 Å². The van der Waals surface area contributed by atoms with Gasteiger partial charge >= 0.3 is 6.09 Å². The molecular weight excluding hydrogens is 496 g/mol. The van der Waals surface area contributed by atoms with E-state index in [2.05, 4.69) is 15.4 Å². The highest BCUT2D eigenvalue weighted by atomic mass is 16.6. The molecule has 202 valence electrons. The molecule has 0 aromatic carbocycles. The van der Waals surface area contributed by atoms with Crippen LogP contribution in [0.2, 0.25) is 0 Å². The first kappa shape index (κ1) is 26.1. The van der Waals surface area contributed by atoms with Gasteiger partial charge in [0.1, 0.15) is 5.60 Å². The Morgan fingerprint density at radius 1 is 1.13 bits per heavy atom. The van der Waals surface area contributed by atoms with Crippen LogP contribution in [0.5, 0.6) is 5.88 Å². The molecule has 1 fully saturated rings. The Morgan fingerprint density at radius 3 is 2.79 bits per heavy atom. The van der Waals surface area contributed by atoms with Crippen molar-refractivity contribution in [3.8, 4) is 17.1 Å². The van der Waals surface area contributed by atoms with Gasteiger partial charge in [0.25, 0.3) is 5.91 Å². The van der Waals surface area contributed by atoms with Crippen molar-refractivity contribution in [3.63, 3.8) is 0 Å². The number of ether oxygens (including phenoxy) is 2. The maximum Gasteiger partial charge on any atom is 0.410 e. The highest BCUT2D eigenvalue weighted by Crippen LogP contribution is 2.30. The number of carbonyl (C=O) groups excluding carboxylic acids is 2. The second kappa shape index (κ2) is 11.1. The molecule has 1 aliphatic rings. The van der Waals surface area contributed by atoms with E-state index in [1.54, 1.807) is 52.3 Å². The summed E-state index contributed by atoms with van der Waals surface area (Å²) in [5.74, 6) is 0.208. The van der Waals surface area contributed by atoms with Crippen LogP contribution < -0.4 is 10.1 Å². The zero-order valence-electron chi connectivity index (χ0n) is 22.3. The van der Waals surface area contributed by atoms with E-state index in [0.29, 0.717) is 24.7 Å². The van der Waals surface area contributed by atoms with E-state index in [4.69, 9.17) is 14.5 Å². The molecule has 1 atom stereocenters. The molecule has 1 aliphatic heterocycles. The van der Waals surface area contributed by atoms with Crippen LogP contribution in [0.3, 0.4) is 0 Å². The standard InChI is InChI=1S/C29H32N6O4/c1-29(2,3)39-28(37)34-14-7-8-20(18-34)23-9-6-10-24(33-23)22-17-31-35-15-12-21(16-25(22)35)32-26(36)19-38-27-11-4-5-13-30-27/h4-6,9-13,15-17,20H,7-8,14,18-19H2,1-3H3,(H,32,36). The van der Waals surface area contributed by atoms with E-state index >= 15 is 0 Å². The second-order valence-corrected chi connectivity index (χ2v) is 10.5. The lowest BCUT2D eigenvalue weighted by molar-refractivity contribution is -0.118. The van der Waals surface area contributed by atoms with Crippen molar-refractivity contribution in [1.82, 2.24) is 24.5 Å². The summed E-state index contributed by atoms with van der Waals surface area (Å²) < 4.78 is 12.8. The van der Waals surface area contributed by atoms with Crippen molar-refractivity contribution in [1.29, 1.82) is 0 Å². The van der Waals surface area contributed by atoms with Gasteiger partial charge in [-0.05, 0) is 63.9 Å². The number of anilines is 1. The van der Waals surface area contributed by atoms with Gasteiger partial charge in [0, 0.05) is 54.4 Å². The molecule has 0 saturated carbocycles. The zero-order valence-corrected chi connectivity index (χ0v) is 22.3. The van der Waals surface area contributed by atoms with Gasteiger partial charge < -0.3 is 19.7 Å². The van der Waals surface area contributed by atoms with Gasteiger partial charge in [0.2, 0.25) is 5.88 Å². The number of fused-ring (bicyclic) bond motifs is 1. The summed E-state index contributed by atoms with van der Waals surface area (Å²) in [5.41, 5.74) is 3.45. The monoisotopic (exact) mass is 528 g/mol. The minimum absolute atomic E-state index is 0.113. The third-order valence-corrected chi connectivity index (χ3v) is 6.33. The number of pyridine rings is 3. The summed E-state index contributed by atoms with van der Waals surface area (Å²) >= 11 is 0. The number of hydrogen-bond acceptors (Lipinski definition) is 7. The maximum atomic E-state index is 12.6. The average Bonchev–Trinajstić information content (AvgIpc) is 3.35. The van der Waals surface area contributed by atoms with Crippen molar-refractivity contribution < 1.29 is 19.1 Å². The number of aromatic nitrogens is 4. The lowest BCUT2D eigenvalue weighted by Crippen LogP contribution is -2.42. The predicted octanol–water partition coefficient (Wildman–Crippen LogP) is 4.92. The molecule has 10 nitrogen and oxygen atoms in total. The fourth-order valence-corrected chi connectivity index (χ4v) is 4.56. The number of likely N-dealkylation sites (tertiary alicyclic amines) is 1. The van der Waals surface area contributed by atoms with E-state index < -0.39 is 5.60 Å². The summed E-state index contributed by atoms with van der Waals surface area (Å²) in [7, 11) is 0. The van der Waals surface area contributed by atoms with Crippen LogP contribution in [0.25, 0.3) is 16.8 Å². The van der Waals surface area contributed by atoms with Crippen LogP contribution in [-0.2, 0) is 9.53 Å². The minimum Gasteiger partial charge on any atom is -0.468 e. The Kier molecular flexibility index (Phi) is 7.44. The molecule has 5 rings (SSSR count). The molecule has 10 heteroatoms. The highest BCUT2D eigenvalue weighted by Gasteiger charge is 2.29. The van der Waals surface area contributed by atoms with E-state index in [1.165, 1.54) is 0 Å². The first-order valence-corrected chi connectivity index (χ1v) is 13.0. The lowest BCUT2D eigenvalue weighted by atomic mass is 9.94. The summed E-state index contributed by atoms with van der Waals surface area (Å²) in [6, 6.07) is 14.8. The predicted molar refractivity (Wildman–Crippen MR) is 147 cm³/mol. The van der Waals surface area contributed by atoms with E-state index in [9.17, 15) is 9.59 Å². The fourth-order valence-electron chi connectivity index (χ4n) is 4.56.